The number of thiazole rings is 1. The first-order valence-corrected chi connectivity index (χ1v) is 9.80. The molecule has 0 amide bonds. The Labute approximate surface area is 157 Å². The van der Waals surface area contributed by atoms with Crippen LogP contribution < -0.4 is 4.74 Å². The van der Waals surface area contributed by atoms with Crippen LogP contribution in [0.25, 0.3) is 0 Å². The summed E-state index contributed by atoms with van der Waals surface area (Å²) in [6.45, 7) is 2.02. The molecule has 0 spiro atoms. The summed E-state index contributed by atoms with van der Waals surface area (Å²) in [4.78, 5) is 27.5. The number of carboxylic acid groups (broad SMARTS) is 1. The number of nitrogens with zero attached hydrogens (tertiary/aromatic N) is 1. The molecule has 1 saturated carbocycles. The Balaban J connectivity index is 1.64. The lowest BCUT2D eigenvalue weighted by molar-refractivity contribution is -0.136. The molecule has 0 aliphatic heterocycles. The van der Waals surface area contributed by atoms with Crippen LogP contribution in [0.2, 0.25) is 0 Å². The number of aliphatic carboxylic acids is 1. The molecule has 1 aromatic carbocycles. The van der Waals surface area contributed by atoms with Crippen LogP contribution in [-0.2, 0) is 28.9 Å². The smallest absolute Gasteiger partial charge is 0.309 e. The molecule has 1 aliphatic carbocycles. The van der Waals surface area contributed by atoms with Gasteiger partial charge in [0.25, 0.3) is 0 Å². The highest BCUT2D eigenvalue weighted by molar-refractivity contribution is 7.09. The number of carbonyl (C=O) groups is 2. The normalized spacial score (nSPS) is 14.5. The van der Waals surface area contributed by atoms with Gasteiger partial charge in [0.05, 0.1) is 24.6 Å². The molecule has 1 fully saturated rings. The molecule has 0 radical (unpaired) electrons. The highest BCUT2D eigenvalue weighted by atomic mass is 32.1. The predicted octanol–water partition coefficient (Wildman–Crippen LogP) is 3.75. The highest BCUT2D eigenvalue weighted by Gasteiger charge is 2.19. The monoisotopic (exact) mass is 373 g/mol. The summed E-state index contributed by atoms with van der Waals surface area (Å²) in [5, 5.41) is 11.2. The number of rotatable bonds is 8. The number of hydrogen-bond donors (Lipinski definition) is 1. The van der Waals surface area contributed by atoms with Crippen molar-refractivity contribution in [2.24, 2.45) is 0 Å². The van der Waals surface area contributed by atoms with Crippen molar-refractivity contribution in [3.63, 3.8) is 0 Å². The van der Waals surface area contributed by atoms with Gasteiger partial charge in [0.1, 0.15) is 16.5 Å². The Morgan fingerprint density at radius 1 is 1.23 bits per heavy atom. The molecule has 3 rings (SSSR count). The van der Waals surface area contributed by atoms with E-state index in [0.29, 0.717) is 17.1 Å². The Morgan fingerprint density at radius 3 is 2.73 bits per heavy atom. The van der Waals surface area contributed by atoms with E-state index in [4.69, 9.17) is 9.84 Å². The van der Waals surface area contributed by atoms with Gasteiger partial charge in [0.15, 0.2) is 0 Å². The van der Waals surface area contributed by atoms with E-state index in [0.717, 1.165) is 29.7 Å². The van der Waals surface area contributed by atoms with E-state index in [2.05, 4.69) is 4.98 Å². The average molecular weight is 373 g/mol. The topological polar surface area (TPSA) is 76.5 Å². The molecule has 1 aliphatic rings. The summed E-state index contributed by atoms with van der Waals surface area (Å²) in [5.41, 5.74) is 2.54. The van der Waals surface area contributed by atoms with Gasteiger partial charge in [-0.05, 0) is 44.2 Å². The highest BCUT2D eigenvalue weighted by Crippen LogP contribution is 2.28. The molecular formula is C20H23NO4S. The minimum atomic E-state index is -0.915. The number of ketones is 1. The Kier molecular flexibility index (Phi) is 6.04. The van der Waals surface area contributed by atoms with E-state index in [1.807, 2.05) is 25.1 Å². The van der Waals surface area contributed by atoms with E-state index in [-0.39, 0.29) is 24.7 Å². The van der Waals surface area contributed by atoms with Gasteiger partial charge in [-0.3, -0.25) is 9.59 Å². The first-order chi connectivity index (χ1) is 12.5. The molecule has 5 nitrogen and oxygen atoms in total. The van der Waals surface area contributed by atoms with Crippen molar-refractivity contribution in [1.29, 1.82) is 0 Å². The molecule has 6 heteroatoms. The van der Waals surface area contributed by atoms with Gasteiger partial charge in [-0.15, -0.1) is 11.3 Å². The first kappa shape index (κ1) is 18.6. The second-order valence-corrected chi connectivity index (χ2v) is 7.77. The molecule has 26 heavy (non-hydrogen) atoms. The Bertz CT molecular complexity index is 793. The Hall–Kier alpha value is -2.21. The Morgan fingerprint density at radius 2 is 2.00 bits per heavy atom. The number of carbonyl (C=O) groups excluding carboxylic acids is 1. The standard InChI is InChI=1S/C20H23NO4S/c1-13-6-7-14(18(8-13)25-17-4-2-3-5-17)9-16(22)11-19-21-15(12-26-19)10-20(23)24/h6-8,12,17H,2-5,9-11H2,1H3,(H,23,24). The summed E-state index contributed by atoms with van der Waals surface area (Å²) < 4.78 is 6.16. The average Bonchev–Trinajstić information content (AvgIpc) is 3.22. The van der Waals surface area contributed by atoms with Gasteiger partial charge in [-0.1, -0.05) is 12.1 Å². The number of aryl methyl sites for hydroxylation is 1. The quantitative estimate of drug-likeness (QED) is 0.762. The van der Waals surface area contributed by atoms with Crippen molar-refractivity contribution in [2.45, 2.75) is 58.0 Å². The third-order valence-electron chi connectivity index (χ3n) is 4.49. The third-order valence-corrected chi connectivity index (χ3v) is 5.38. The van der Waals surface area contributed by atoms with Crippen molar-refractivity contribution in [3.05, 3.63) is 45.4 Å². The number of hydrogen-bond acceptors (Lipinski definition) is 5. The number of aromatic nitrogens is 1. The van der Waals surface area contributed by atoms with E-state index < -0.39 is 5.97 Å². The number of ether oxygens (including phenoxy) is 1. The minimum absolute atomic E-state index is 0.0568. The zero-order valence-electron chi connectivity index (χ0n) is 14.9. The number of carboxylic acids is 1. The molecule has 2 aromatic rings. The lowest BCUT2D eigenvalue weighted by Gasteiger charge is -2.17. The van der Waals surface area contributed by atoms with Crippen molar-refractivity contribution in [1.82, 2.24) is 4.98 Å². The van der Waals surface area contributed by atoms with Crippen LogP contribution in [0.4, 0.5) is 0 Å². The van der Waals surface area contributed by atoms with Crippen molar-refractivity contribution in [2.75, 3.05) is 0 Å². The van der Waals surface area contributed by atoms with Crippen LogP contribution in [0.1, 0.15) is 47.5 Å². The summed E-state index contributed by atoms with van der Waals surface area (Å²) in [6.07, 6.45) is 5.22. The fourth-order valence-corrected chi connectivity index (χ4v) is 4.04. The van der Waals surface area contributed by atoms with Crippen LogP contribution in [0, 0.1) is 6.92 Å². The maximum Gasteiger partial charge on any atom is 0.309 e. The van der Waals surface area contributed by atoms with Crippen LogP contribution in [0.3, 0.4) is 0 Å². The molecule has 0 atom stereocenters. The van der Waals surface area contributed by atoms with E-state index >= 15 is 0 Å². The van der Waals surface area contributed by atoms with Crippen LogP contribution in [0.15, 0.2) is 23.6 Å². The maximum atomic E-state index is 12.5. The van der Waals surface area contributed by atoms with Gasteiger partial charge in [0.2, 0.25) is 0 Å². The molecular weight excluding hydrogens is 350 g/mol. The van der Waals surface area contributed by atoms with Gasteiger partial charge in [-0.2, -0.15) is 0 Å². The largest absolute Gasteiger partial charge is 0.490 e. The van der Waals surface area contributed by atoms with E-state index in [1.54, 1.807) is 5.38 Å². The van der Waals surface area contributed by atoms with Gasteiger partial charge in [-0.25, -0.2) is 4.98 Å². The van der Waals surface area contributed by atoms with Crippen LogP contribution in [0.5, 0.6) is 5.75 Å². The third kappa shape index (κ3) is 5.14. The minimum Gasteiger partial charge on any atom is -0.490 e. The van der Waals surface area contributed by atoms with Gasteiger partial charge < -0.3 is 9.84 Å². The van der Waals surface area contributed by atoms with Crippen molar-refractivity contribution >= 4 is 23.1 Å². The second kappa shape index (κ2) is 8.45. The fraction of sp³-hybridized carbons (Fsp3) is 0.450. The summed E-state index contributed by atoms with van der Waals surface area (Å²) in [5.74, 6) is -0.0427. The van der Waals surface area contributed by atoms with E-state index in [9.17, 15) is 9.59 Å². The van der Waals surface area contributed by atoms with Crippen molar-refractivity contribution in [3.8, 4) is 5.75 Å². The molecule has 0 unspecified atom stereocenters. The summed E-state index contributed by atoms with van der Waals surface area (Å²) in [7, 11) is 0. The molecule has 138 valence electrons. The SMILES string of the molecule is Cc1ccc(CC(=O)Cc2nc(CC(=O)O)cs2)c(OC2CCCC2)c1. The first-order valence-electron chi connectivity index (χ1n) is 8.92. The number of Topliss-reactive ketones (excluding diaryl/α,β-unsaturated/α-hetero) is 1. The van der Waals surface area contributed by atoms with Crippen LogP contribution in [-0.4, -0.2) is 27.9 Å². The number of benzene rings is 1. The molecule has 1 N–H and O–H groups in total. The molecule has 0 saturated heterocycles. The molecule has 1 aromatic heterocycles. The summed E-state index contributed by atoms with van der Waals surface area (Å²) in [6, 6.07) is 5.98. The second-order valence-electron chi connectivity index (χ2n) is 6.83. The predicted molar refractivity (Wildman–Crippen MR) is 99.9 cm³/mol. The zero-order chi connectivity index (χ0) is 18.5. The fourth-order valence-electron chi connectivity index (χ4n) is 3.21. The maximum absolute atomic E-state index is 12.5. The van der Waals surface area contributed by atoms with Crippen LogP contribution >= 0.6 is 11.3 Å². The molecule has 0 bridgehead atoms. The lowest BCUT2D eigenvalue weighted by Crippen LogP contribution is -2.14. The zero-order valence-corrected chi connectivity index (χ0v) is 15.7. The molecule has 1 heterocycles. The van der Waals surface area contributed by atoms with E-state index in [1.165, 1.54) is 24.2 Å². The van der Waals surface area contributed by atoms with Gasteiger partial charge >= 0.3 is 5.97 Å². The van der Waals surface area contributed by atoms with Crippen molar-refractivity contribution < 1.29 is 19.4 Å². The lowest BCUT2D eigenvalue weighted by atomic mass is 10.0. The van der Waals surface area contributed by atoms with Gasteiger partial charge in [0, 0.05) is 17.4 Å². The summed E-state index contributed by atoms with van der Waals surface area (Å²) >= 11 is 1.34.